The molecule has 60 valence electrons. The van der Waals surface area contributed by atoms with Gasteiger partial charge in [-0.2, -0.15) is 0 Å². The van der Waals surface area contributed by atoms with E-state index in [1.165, 1.54) is 19.6 Å². The summed E-state index contributed by atoms with van der Waals surface area (Å²) in [6.45, 7) is 0. The Morgan fingerprint density at radius 3 is 3.00 bits per heavy atom. The molecule has 0 fully saturated rings. The Balaban J connectivity index is 2.70. The van der Waals surface area contributed by atoms with Crippen molar-refractivity contribution in [1.29, 1.82) is 0 Å². The van der Waals surface area contributed by atoms with Crippen LogP contribution in [0, 0.1) is 0 Å². The highest BCUT2D eigenvalue weighted by Gasteiger charge is 2.16. The van der Waals surface area contributed by atoms with E-state index < -0.39 is 12.0 Å². The molecule has 11 heavy (non-hydrogen) atoms. The van der Waals surface area contributed by atoms with E-state index in [9.17, 15) is 4.79 Å². The molecule has 0 aromatic carbocycles. The van der Waals surface area contributed by atoms with E-state index in [0.29, 0.717) is 5.56 Å². The number of methoxy groups -OCH3 is 1. The number of hydrogen-bond donors (Lipinski definition) is 1. The van der Waals surface area contributed by atoms with Gasteiger partial charge in [-0.15, -0.1) is 0 Å². The summed E-state index contributed by atoms with van der Waals surface area (Å²) in [6.07, 6.45) is 2.87. The highest BCUT2D eigenvalue weighted by molar-refractivity contribution is 5.76. The van der Waals surface area contributed by atoms with Crippen LogP contribution >= 0.6 is 0 Å². The average Bonchev–Trinajstić information content (AvgIpc) is 2.53. The fraction of sp³-hybridized carbons (Fsp3) is 0.286. The lowest BCUT2D eigenvalue weighted by atomic mass is 10.2. The summed E-state index contributed by atoms with van der Waals surface area (Å²) in [4.78, 5) is 10.8. The molecular formula is C7H9NO3. The summed E-state index contributed by atoms with van der Waals surface area (Å²) in [5.41, 5.74) is 6.08. The van der Waals surface area contributed by atoms with Gasteiger partial charge in [-0.05, 0) is 6.07 Å². The van der Waals surface area contributed by atoms with Crippen LogP contribution in [-0.4, -0.2) is 13.1 Å². The van der Waals surface area contributed by atoms with E-state index >= 15 is 0 Å². The fourth-order valence-corrected chi connectivity index (χ4v) is 0.715. The van der Waals surface area contributed by atoms with Crippen LogP contribution < -0.4 is 5.73 Å². The fourth-order valence-electron chi connectivity index (χ4n) is 0.715. The third-order valence-corrected chi connectivity index (χ3v) is 1.36. The first-order chi connectivity index (χ1) is 5.25. The van der Waals surface area contributed by atoms with Crippen LogP contribution in [0.1, 0.15) is 11.6 Å². The van der Waals surface area contributed by atoms with Gasteiger partial charge >= 0.3 is 5.97 Å². The number of esters is 1. The van der Waals surface area contributed by atoms with Crippen molar-refractivity contribution in [2.75, 3.05) is 7.11 Å². The highest BCUT2D eigenvalue weighted by atomic mass is 16.5. The number of ether oxygens (including phenoxy) is 1. The number of carbonyl (C=O) groups is 1. The lowest BCUT2D eigenvalue weighted by Crippen LogP contribution is -2.21. The van der Waals surface area contributed by atoms with Crippen molar-refractivity contribution in [2.45, 2.75) is 6.04 Å². The largest absolute Gasteiger partial charge is 0.472 e. The number of furan rings is 1. The molecule has 1 rings (SSSR count). The van der Waals surface area contributed by atoms with Crippen molar-refractivity contribution in [1.82, 2.24) is 0 Å². The van der Waals surface area contributed by atoms with Gasteiger partial charge in [0, 0.05) is 5.56 Å². The molecule has 0 radical (unpaired) electrons. The number of carbonyl (C=O) groups excluding carboxylic acids is 1. The third kappa shape index (κ3) is 1.59. The second-order valence-corrected chi connectivity index (χ2v) is 2.06. The van der Waals surface area contributed by atoms with E-state index in [1.807, 2.05) is 0 Å². The van der Waals surface area contributed by atoms with Crippen molar-refractivity contribution in [2.24, 2.45) is 5.73 Å². The molecule has 0 saturated heterocycles. The summed E-state index contributed by atoms with van der Waals surface area (Å²) in [7, 11) is 1.29. The van der Waals surface area contributed by atoms with E-state index in [-0.39, 0.29) is 0 Å². The molecule has 2 N–H and O–H groups in total. The van der Waals surface area contributed by atoms with Gasteiger partial charge in [0.15, 0.2) is 0 Å². The Labute approximate surface area is 63.9 Å². The molecule has 0 unspecified atom stereocenters. The molecule has 0 aliphatic rings. The van der Waals surface area contributed by atoms with Crippen LogP contribution in [0.25, 0.3) is 0 Å². The third-order valence-electron chi connectivity index (χ3n) is 1.36. The minimum absolute atomic E-state index is 0.466. The normalized spacial score (nSPS) is 12.5. The van der Waals surface area contributed by atoms with Crippen LogP contribution in [0.15, 0.2) is 23.0 Å². The van der Waals surface area contributed by atoms with Gasteiger partial charge in [0.25, 0.3) is 0 Å². The standard InChI is InChI=1S/C7H9NO3/c1-10-7(9)6(8)5-2-3-11-4-5/h2-4,6H,8H2,1H3/t6-/m1/s1. The smallest absolute Gasteiger partial charge is 0.327 e. The van der Waals surface area contributed by atoms with Crippen LogP contribution in [-0.2, 0) is 9.53 Å². The van der Waals surface area contributed by atoms with Crippen molar-refractivity contribution in [3.8, 4) is 0 Å². The van der Waals surface area contributed by atoms with Crippen molar-refractivity contribution >= 4 is 5.97 Å². The maximum Gasteiger partial charge on any atom is 0.327 e. The molecule has 0 aliphatic heterocycles. The number of hydrogen-bond acceptors (Lipinski definition) is 4. The summed E-state index contributed by atoms with van der Waals surface area (Å²) >= 11 is 0. The molecule has 4 heteroatoms. The summed E-state index contributed by atoms with van der Waals surface area (Å²) in [6, 6.07) is 0.889. The summed E-state index contributed by atoms with van der Waals surface area (Å²) < 4.78 is 9.17. The van der Waals surface area contributed by atoms with E-state index in [2.05, 4.69) is 4.74 Å². The van der Waals surface area contributed by atoms with Gasteiger partial charge in [-0.1, -0.05) is 0 Å². The Morgan fingerprint density at radius 2 is 2.55 bits per heavy atom. The lowest BCUT2D eigenvalue weighted by molar-refractivity contribution is -0.142. The molecule has 1 heterocycles. The minimum atomic E-state index is -0.737. The first kappa shape index (κ1) is 7.81. The molecular weight excluding hydrogens is 146 g/mol. The van der Waals surface area contributed by atoms with Crippen molar-refractivity contribution in [3.05, 3.63) is 24.2 Å². The van der Waals surface area contributed by atoms with Gasteiger partial charge in [-0.3, -0.25) is 4.79 Å². The van der Waals surface area contributed by atoms with Gasteiger partial charge in [0.05, 0.1) is 19.6 Å². The molecule has 4 nitrogen and oxygen atoms in total. The maximum absolute atomic E-state index is 10.8. The van der Waals surface area contributed by atoms with Gasteiger partial charge in [-0.25, -0.2) is 0 Å². The van der Waals surface area contributed by atoms with Gasteiger partial charge in [0.1, 0.15) is 6.04 Å². The van der Waals surface area contributed by atoms with Crippen LogP contribution in [0.4, 0.5) is 0 Å². The quantitative estimate of drug-likeness (QED) is 0.630. The molecule has 1 aromatic rings. The molecule has 0 aliphatic carbocycles. The van der Waals surface area contributed by atoms with Crippen molar-refractivity contribution in [3.63, 3.8) is 0 Å². The Hall–Kier alpha value is -1.29. The molecule has 0 saturated carbocycles. The second-order valence-electron chi connectivity index (χ2n) is 2.06. The summed E-state index contributed by atoms with van der Waals surface area (Å²) in [5.74, 6) is -0.466. The Morgan fingerprint density at radius 1 is 1.82 bits per heavy atom. The molecule has 1 atom stereocenters. The molecule has 0 bridgehead atoms. The van der Waals surface area contributed by atoms with Gasteiger partial charge in [0.2, 0.25) is 0 Å². The van der Waals surface area contributed by atoms with E-state index in [0.717, 1.165) is 0 Å². The first-order valence-corrected chi connectivity index (χ1v) is 3.11. The monoisotopic (exact) mass is 155 g/mol. The predicted octanol–water partition coefficient (Wildman–Crippen LogP) is 0.452. The van der Waals surface area contributed by atoms with Crippen LogP contribution in [0.5, 0.6) is 0 Å². The van der Waals surface area contributed by atoms with Crippen LogP contribution in [0.2, 0.25) is 0 Å². The SMILES string of the molecule is COC(=O)[C@H](N)c1ccoc1. The predicted molar refractivity (Wildman–Crippen MR) is 37.7 cm³/mol. The topological polar surface area (TPSA) is 65.5 Å². The maximum atomic E-state index is 10.8. The highest BCUT2D eigenvalue weighted by Crippen LogP contribution is 2.10. The second kappa shape index (κ2) is 3.21. The first-order valence-electron chi connectivity index (χ1n) is 3.11. The zero-order valence-corrected chi connectivity index (χ0v) is 6.11. The Kier molecular flexibility index (Phi) is 2.28. The average molecular weight is 155 g/mol. The van der Waals surface area contributed by atoms with E-state index in [1.54, 1.807) is 6.07 Å². The molecule has 0 amide bonds. The van der Waals surface area contributed by atoms with Crippen molar-refractivity contribution < 1.29 is 13.9 Å². The number of rotatable bonds is 2. The van der Waals surface area contributed by atoms with E-state index in [4.69, 9.17) is 10.2 Å². The Bertz CT molecular complexity index is 230. The lowest BCUT2D eigenvalue weighted by Gasteiger charge is -2.04. The zero-order chi connectivity index (χ0) is 8.27. The minimum Gasteiger partial charge on any atom is -0.472 e. The number of nitrogens with two attached hydrogens (primary N) is 1. The molecule has 0 spiro atoms. The zero-order valence-electron chi connectivity index (χ0n) is 6.11. The summed E-state index contributed by atoms with van der Waals surface area (Å²) in [5, 5.41) is 0. The van der Waals surface area contributed by atoms with Gasteiger partial charge < -0.3 is 14.9 Å². The van der Waals surface area contributed by atoms with Crippen LogP contribution in [0.3, 0.4) is 0 Å². The molecule has 1 aromatic heterocycles.